The molecule has 2 aromatic rings. The maximum atomic E-state index is 14.5. The molecule has 2 N–H and O–H groups in total. The molecule has 3 rings (SSSR count). The van der Waals surface area contributed by atoms with Crippen LogP contribution in [0.1, 0.15) is 0 Å². The van der Waals surface area contributed by atoms with E-state index in [0.29, 0.717) is 6.07 Å². The molecule has 0 bridgehead atoms. The van der Waals surface area contributed by atoms with Gasteiger partial charge in [-0.15, -0.1) is 0 Å². The quantitative estimate of drug-likeness (QED) is 0.322. The normalized spacial score (nSPS) is 14.9. The molecular formula is C17H9F8N3O3. The Kier molecular flexibility index (Phi) is 5.52. The van der Waals surface area contributed by atoms with Crippen molar-refractivity contribution in [1.82, 2.24) is 10.9 Å². The zero-order chi connectivity index (χ0) is 23.2. The fraction of sp³-hybridized carbons (Fsp3) is 0.176. The number of ether oxygens (including phenoxy) is 1. The summed E-state index contributed by atoms with van der Waals surface area (Å²) in [4.78, 5) is 23.9. The minimum absolute atomic E-state index is 0.0977. The Hall–Kier alpha value is -3.42. The van der Waals surface area contributed by atoms with E-state index in [1.165, 1.54) is 7.05 Å². The monoisotopic (exact) mass is 455 g/mol. The zero-order valence-corrected chi connectivity index (χ0v) is 15.1. The first-order valence-electron chi connectivity index (χ1n) is 8.10. The highest BCUT2D eigenvalue weighted by Gasteiger charge is 2.51. The van der Waals surface area contributed by atoms with Gasteiger partial charge in [0.05, 0.1) is 11.3 Å². The lowest BCUT2D eigenvalue weighted by Gasteiger charge is -2.33. The number of nitrogens with one attached hydrogen (secondary N) is 2. The minimum Gasteiger partial charge on any atom is -0.423 e. The smallest absolute Gasteiger partial charge is 0.423 e. The van der Waals surface area contributed by atoms with Crippen LogP contribution in [0.4, 0.5) is 40.8 Å². The summed E-state index contributed by atoms with van der Waals surface area (Å²) in [5, 5.41) is 0. The number of hydrogen-bond donors (Lipinski definition) is 2. The van der Waals surface area contributed by atoms with E-state index in [4.69, 9.17) is 0 Å². The Balaban J connectivity index is 2.25. The number of hydrogen-bond acceptors (Lipinski definition) is 4. The van der Waals surface area contributed by atoms with Gasteiger partial charge in [0.2, 0.25) is 5.82 Å². The van der Waals surface area contributed by atoms with Gasteiger partial charge in [-0.3, -0.25) is 19.9 Å². The first kappa shape index (κ1) is 22.3. The van der Waals surface area contributed by atoms with Gasteiger partial charge in [-0.05, 0) is 6.07 Å². The molecule has 2 amide bonds. The number of carbonyl (C=O) groups excluding carboxylic acids is 2. The lowest BCUT2D eigenvalue weighted by molar-refractivity contribution is -0.192. The molecule has 0 fully saturated rings. The lowest BCUT2D eigenvalue weighted by atomic mass is 10.0. The van der Waals surface area contributed by atoms with Crippen LogP contribution in [0.3, 0.4) is 0 Å². The maximum Gasteiger partial charge on any atom is 0.482 e. The summed E-state index contributed by atoms with van der Waals surface area (Å²) in [5.41, 5.74) is 0.386. The summed E-state index contributed by atoms with van der Waals surface area (Å²) in [7, 11) is 1.23. The van der Waals surface area contributed by atoms with Crippen molar-refractivity contribution in [3.8, 4) is 16.9 Å². The number of halogens is 8. The van der Waals surface area contributed by atoms with Crippen molar-refractivity contribution in [2.45, 2.75) is 6.11 Å². The van der Waals surface area contributed by atoms with Crippen molar-refractivity contribution >= 4 is 17.5 Å². The van der Waals surface area contributed by atoms with Gasteiger partial charge < -0.3 is 4.74 Å². The number of amides is 2. The van der Waals surface area contributed by atoms with Crippen LogP contribution < -0.4 is 20.5 Å². The van der Waals surface area contributed by atoms with Crippen LogP contribution in [-0.4, -0.2) is 31.5 Å². The van der Waals surface area contributed by atoms with E-state index in [2.05, 4.69) is 10.2 Å². The van der Waals surface area contributed by atoms with E-state index < -0.39 is 81.9 Å². The van der Waals surface area contributed by atoms with E-state index in [0.717, 1.165) is 0 Å². The molecule has 1 aliphatic rings. The third-order valence-electron chi connectivity index (χ3n) is 4.12. The van der Waals surface area contributed by atoms with Crippen molar-refractivity contribution in [2.24, 2.45) is 0 Å². The largest absolute Gasteiger partial charge is 0.482 e. The molecule has 6 nitrogen and oxygen atoms in total. The van der Waals surface area contributed by atoms with Crippen LogP contribution in [0.25, 0.3) is 11.1 Å². The molecule has 0 saturated carbocycles. The predicted molar refractivity (Wildman–Crippen MR) is 86.8 cm³/mol. The van der Waals surface area contributed by atoms with Crippen molar-refractivity contribution in [3.63, 3.8) is 0 Å². The Labute approximate surface area is 167 Å². The molecule has 0 spiro atoms. The number of benzene rings is 2. The first-order chi connectivity index (χ1) is 14.4. The molecule has 14 heteroatoms. The van der Waals surface area contributed by atoms with Crippen LogP contribution in [0, 0.1) is 34.9 Å². The van der Waals surface area contributed by atoms with Crippen LogP contribution in [-0.2, 0) is 9.59 Å². The molecular weight excluding hydrogens is 446 g/mol. The van der Waals surface area contributed by atoms with Crippen molar-refractivity contribution in [2.75, 3.05) is 18.5 Å². The van der Waals surface area contributed by atoms with Crippen molar-refractivity contribution < 1.29 is 49.4 Å². The molecule has 0 aromatic heterocycles. The Bertz CT molecular complexity index is 1080. The third kappa shape index (κ3) is 3.62. The molecule has 0 aliphatic carbocycles. The molecule has 0 atom stereocenters. The third-order valence-corrected chi connectivity index (χ3v) is 4.12. The van der Waals surface area contributed by atoms with E-state index in [1.54, 1.807) is 0 Å². The van der Waals surface area contributed by atoms with Crippen molar-refractivity contribution in [3.05, 3.63) is 47.0 Å². The fourth-order valence-electron chi connectivity index (χ4n) is 2.80. The molecule has 0 unspecified atom stereocenters. The molecule has 1 aliphatic heterocycles. The molecule has 1 heterocycles. The molecule has 2 aromatic carbocycles. The molecule has 166 valence electrons. The fourth-order valence-corrected chi connectivity index (χ4v) is 2.80. The van der Waals surface area contributed by atoms with Crippen LogP contribution >= 0.6 is 0 Å². The summed E-state index contributed by atoms with van der Waals surface area (Å²) < 4.78 is 115. The average molecular weight is 455 g/mol. The first-order valence-corrected chi connectivity index (χ1v) is 8.10. The summed E-state index contributed by atoms with van der Waals surface area (Å²) in [6.45, 7) is -1.09. The van der Waals surface area contributed by atoms with Gasteiger partial charge in [-0.25, -0.2) is 31.8 Å². The number of hydrazine groups is 1. The van der Waals surface area contributed by atoms with Gasteiger partial charge in [0.1, 0.15) is 12.4 Å². The predicted octanol–water partition coefficient (Wildman–Crippen LogP) is 2.76. The molecule has 0 saturated heterocycles. The SMILES string of the molecule is CNNC(=O)CN1C(=O)C(F)(F)Oc2cc(F)c(-c3c(F)c(F)c(F)c(F)c3F)cc21. The van der Waals surface area contributed by atoms with Crippen molar-refractivity contribution in [1.29, 1.82) is 0 Å². The second-order valence-electron chi connectivity index (χ2n) is 6.05. The Morgan fingerprint density at radius 1 is 1.00 bits per heavy atom. The standard InChI is InChI=1S/C17H9F8N3O3/c1-26-27-9(29)4-28-7-2-5(6(18)3-8(7)31-17(24,25)16(28)30)10-11(19)13(21)15(23)14(22)12(10)20/h2-3,26H,4H2,1H3,(H,27,29). The maximum absolute atomic E-state index is 14.5. The topological polar surface area (TPSA) is 70.7 Å². The van der Waals surface area contributed by atoms with E-state index in [1.807, 2.05) is 5.43 Å². The minimum atomic E-state index is -4.54. The van der Waals surface area contributed by atoms with Gasteiger partial charge in [0.15, 0.2) is 29.0 Å². The highest BCUT2D eigenvalue weighted by Crippen LogP contribution is 2.44. The highest BCUT2D eigenvalue weighted by molar-refractivity contribution is 6.05. The van der Waals surface area contributed by atoms with Gasteiger partial charge in [-0.1, -0.05) is 0 Å². The summed E-state index contributed by atoms with van der Waals surface area (Å²) >= 11 is 0. The number of alkyl halides is 2. The lowest BCUT2D eigenvalue weighted by Crippen LogP contribution is -2.54. The highest BCUT2D eigenvalue weighted by atomic mass is 19.3. The van der Waals surface area contributed by atoms with E-state index in [-0.39, 0.29) is 11.0 Å². The number of anilines is 1. The summed E-state index contributed by atoms with van der Waals surface area (Å²) in [5.74, 6) is -17.9. The molecule has 31 heavy (non-hydrogen) atoms. The number of fused-ring (bicyclic) bond motifs is 1. The van der Waals surface area contributed by atoms with Crippen LogP contribution in [0.15, 0.2) is 12.1 Å². The van der Waals surface area contributed by atoms with Gasteiger partial charge in [0.25, 0.3) is 5.91 Å². The summed E-state index contributed by atoms with van der Waals surface area (Å²) in [6, 6.07) is 0.509. The van der Waals surface area contributed by atoms with Crippen LogP contribution in [0.5, 0.6) is 5.75 Å². The second kappa shape index (κ2) is 7.68. The number of carbonyl (C=O) groups is 2. The zero-order valence-electron chi connectivity index (χ0n) is 15.1. The van der Waals surface area contributed by atoms with E-state index >= 15 is 0 Å². The Morgan fingerprint density at radius 2 is 1.55 bits per heavy atom. The molecule has 0 radical (unpaired) electrons. The van der Waals surface area contributed by atoms with E-state index in [9.17, 15) is 44.7 Å². The number of nitrogens with zero attached hydrogens (tertiary/aromatic N) is 1. The average Bonchev–Trinajstić information content (AvgIpc) is 2.69. The number of rotatable bonds is 4. The van der Waals surface area contributed by atoms with Crippen LogP contribution in [0.2, 0.25) is 0 Å². The second-order valence-corrected chi connectivity index (χ2v) is 6.05. The van der Waals surface area contributed by atoms with Gasteiger partial charge in [-0.2, -0.15) is 8.78 Å². The Morgan fingerprint density at radius 3 is 2.10 bits per heavy atom. The van der Waals surface area contributed by atoms with Gasteiger partial charge >= 0.3 is 12.0 Å². The summed E-state index contributed by atoms with van der Waals surface area (Å²) in [6.07, 6.45) is -4.54. The van der Waals surface area contributed by atoms with Gasteiger partial charge in [0, 0.05) is 18.7 Å².